The molecule has 3 unspecified atom stereocenters. The Bertz CT molecular complexity index is 525. The molecule has 2 fully saturated rings. The first-order valence-electron chi connectivity index (χ1n) is 8.12. The average Bonchev–Trinajstić information content (AvgIpc) is 3.05. The van der Waals surface area contributed by atoms with Crippen LogP contribution in [0.15, 0.2) is 18.2 Å². The van der Waals surface area contributed by atoms with Gasteiger partial charge in [0.05, 0.1) is 6.10 Å². The van der Waals surface area contributed by atoms with Crippen molar-refractivity contribution in [3.8, 4) is 0 Å². The average molecular weight is 310 g/mol. The molecule has 3 nitrogen and oxygen atoms in total. The largest absolute Gasteiger partial charge is 0.392 e. The van der Waals surface area contributed by atoms with Crippen molar-refractivity contribution in [3.05, 3.63) is 35.4 Å². The van der Waals surface area contributed by atoms with Gasteiger partial charge in [-0.05, 0) is 57.5 Å². The third-order valence-electron chi connectivity index (χ3n) is 5.12. The maximum absolute atomic E-state index is 14.0. The minimum atomic E-state index is -0.464. The molecular weight excluding hydrogens is 286 g/mol. The Morgan fingerprint density at radius 3 is 2.86 bits per heavy atom. The van der Waals surface area contributed by atoms with E-state index in [1.807, 2.05) is 0 Å². The van der Waals surface area contributed by atoms with Crippen molar-refractivity contribution in [1.29, 1.82) is 0 Å². The first-order chi connectivity index (χ1) is 10.5. The Morgan fingerprint density at radius 2 is 2.14 bits per heavy atom. The second-order valence-corrected chi connectivity index (χ2v) is 6.63. The molecule has 0 saturated carbocycles. The fraction of sp³-hybridized carbons (Fsp3) is 0.647. The fourth-order valence-corrected chi connectivity index (χ4v) is 3.88. The van der Waals surface area contributed by atoms with E-state index in [2.05, 4.69) is 16.8 Å². The van der Waals surface area contributed by atoms with E-state index in [-0.39, 0.29) is 11.9 Å². The van der Waals surface area contributed by atoms with E-state index >= 15 is 0 Å². The lowest BCUT2D eigenvalue weighted by atomic mass is 10.0. The summed E-state index contributed by atoms with van der Waals surface area (Å²) in [4.78, 5) is 4.47. The zero-order valence-electron chi connectivity index (χ0n) is 13.0. The molecule has 2 heterocycles. The molecule has 1 N–H and O–H groups in total. The standard InChI is InChI=1S/C17H24F2N2O/c1-20-7-2-3-13(20)6-8-21-11-14(22)10-17(21)15-9-12(18)4-5-16(15)19/h4-5,9,13-14,17,22H,2-3,6-8,10-11H2,1H3. The highest BCUT2D eigenvalue weighted by Crippen LogP contribution is 2.34. The monoisotopic (exact) mass is 310 g/mol. The molecule has 3 rings (SSSR count). The number of benzene rings is 1. The Morgan fingerprint density at radius 1 is 1.32 bits per heavy atom. The predicted molar refractivity (Wildman–Crippen MR) is 81.6 cm³/mol. The van der Waals surface area contributed by atoms with Crippen LogP contribution in [0.25, 0.3) is 0 Å². The van der Waals surface area contributed by atoms with E-state index < -0.39 is 11.9 Å². The van der Waals surface area contributed by atoms with Crippen molar-refractivity contribution in [3.63, 3.8) is 0 Å². The van der Waals surface area contributed by atoms with Crippen LogP contribution in [0.5, 0.6) is 0 Å². The number of rotatable bonds is 4. The van der Waals surface area contributed by atoms with Crippen LogP contribution in [0.1, 0.15) is 37.3 Å². The first kappa shape index (κ1) is 15.8. The second kappa shape index (κ2) is 6.60. The second-order valence-electron chi connectivity index (χ2n) is 6.63. The van der Waals surface area contributed by atoms with Crippen LogP contribution in [0, 0.1) is 11.6 Å². The lowest BCUT2D eigenvalue weighted by Crippen LogP contribution is -2.32. The number of β-amino-alcohol motifs (C(OH)–C–C–N with tert-alkyl or cyclic N) is 1. The number of aliphatic hydroxyl groups excluding tert-OH is 1. The molecule has 1 aromatic rings. The van der Waals surface area contributed by atoms with Crippen LogP contribution < -0.4 is 0 Å². The van der Waals surface area contributed by atoms with Gasteiger partial charge in [0.2, 0.25) is 0 Å². The molecule has 2 saturated heterocycles. The van der Waals surface area contributed by atoms with Gasteiger partial charge in [0, 0.05) is 30.7 Å². The van der Waals surface area contributed by atoms with Crippen LogP contribution in [-0.4, -0.2) is 53.7 Å². The molecule has 0 bridgehead atoms. The Balaban J connectivity index is 1.70. The van der Waals surface area contributed by atoms with Gasteiger partial charge in [-0.1, -0.05) is 0 Å². The highest BCUT2D eigenvalue weighted by molar-refractivity contribution is 5.23. The third-order valence-corrected chi connectivity index (χ3v) is 5.12. The van der Waals surface area contributed by atoms with Gasteiger partial charge < -0.3 is 10.0 Å². The van der Waals surface area contributed by atoms with E-state index in [4.69, 9.17) is 0 Å². The molecule has 122 valence electrons. The summed E-state index contributed by atoms with van der Waals surface area (Å²) >= 11 is 0. The summed E-state index contributed by atoms with van der Waals surface area (Å²) < 4.78 is 27.5. The van der Waals surface area contributed by atoms with Crippen LogP contribution in [-0.2, 0) is 0 Å². The normalized spacial score (nSPS) is 30.3. The molecular formula is C17H24F2N2O. The van der Waals surface area contributed by atoms with Crippen molar-refractivity contribution in [1.82, 2.24) is 9.80 Å². The van der Waals surface area contributed by atoms with Crippen molar-refractivity contribution in [2.24, 2.45) is 0 Å². The Labute approximate surface area is 130 Å². The van der Waals surface area contributed by atoms with Crippen LogP contribution in [0.2, 0.25) is 0 Å². The van der Waals surface area contributed by atoms with Gasteiger partial charge >= 0.3 is 0 Å². The van der Waals surface area contributed by atoms with Crippen molar-refractivity contribution in [2.75, 3.05) is 26.7 Å². The summed E-state index contributed by atoms with van der Waals surface area (Å²) in [5, 5.41) is 9.97. The van der Waals surface area contributed by atoms with Crippen molar-refractivity contribution < 1.29 is 13.9 Å². The predicted octanol–water partition coefficient (Wildman–Crippen LogP) is 2.56. The molecule has 0 spiro atoms. The summed E-state index contributed by atoms with van der Waals surface area (Å²) in [7, 11) is 2.14. The Kier molecular flexibility index (Phi) is 4.76. The molecule has 2 aliphatic heterocycles. The van der Waals surface area contributed by atoms with E-state index in [9.17, 15) is 13.9 Å². The maximum Gasteiger partial charge on any atom is 0.128 e. The summed E-state index contributed by atoms with van der Waals surface area (Å²) in [5.74, 6) is -0.809. The maximum atomic E-state index is 14.0. The van der Waals surface area contributed by atoms with Gasteiger partial charge in [0.1, 0.15) is 11.6 Å². The first-order valence-corrected chi connectivity index (χ1v) is 8.12. The lowest BCUT2D eigenvalue weighted by Gasteiger charge is -2.27. The molecule has 0 amide bonds. The SMILES string of the molecule is CN1CCCC1CCN1CC(O)CC1c1cc(F)ccc1F. The lowest BCUT2D eigenvalue weighted by molar-refractivity contribution is 0.167. The third kappa shape index (κ3) is 3.31. The topological polar surface area (TPSA) is 26.7 Å². The number of nitrogens with zero attached hydrogens (tertiary/aromatic N) is 2. The van der Waals surface area contributed by atoms with E-state index in [1.54, 1.807) is 0 Å². The van der Waals surface area contributed by atoms with Gasteiger partial charge in [-0.3, -0.25) is 4.90 Å². The number of halogens is 2. The summed E-state index contributed by atoms with van der Waals surface area (Å²) in [6.45, 7) is 2.49. The molecule has 0 aromatic heterocycles. The number of hydrogen-bond acceptors (Lipinski definition) is 3. The van der Waals surface area contributed by atoms with E-state index in [0.717, 1.165) is 25.6 Å². The number of hydrogen-bond donors (Lipinski definition) is 1. The quantitative estimate of drug-likeness (QED) is 0.926. The minimum absolute atomic E-state index is 0.225. The smallest absolute Gasteiger partial charge is 0.128 e. The van der Waals surface area contributed by atoms with Crippen molar-refractivity contribution in [2.45, 2.75) is 43.9 Å². The Hall–Kier alpha value is -1.04. The molecule has 0 aliphatic carbocycles. The zero-order chi connectivity index (χ0) is 15.7. The van der Waals surface area contributed by atoms with Gasteiger partial charge in [0.25, 0.3) is 0 Å². The highest BCUT2D eigenvalue weighted by Gasteiger charge is 2.34. The van der Waals surface area contributed by atoms with Gasteiger partial charge in [-0.15, -0.1) is 0 Å². The van der Waals surface area contributed by atoms with Crippen LogP contribution in [0.4, 0.5) is 8.78 Å². The van der Waals surface area contributed by atoms with E-state index in [0.29, 0.717) is 24.6 Å². The molecule has 2 aliphatic rings. The van der Waals surface area contributed by atoms with Gasteiger partial charge in [0.15, 0.2) is 0 Å². The summed E-state index contributed by atoms with van der Waals surface area (Å²) in [6.07, 6.45) is 3.45. The zero-order valence-corrected chi connectivity index (χ0v) is 13.0. The number of likely N-dealkylation sites (tertiary alicyclic amines) is 2. The molecule has 5 heteroatoms. The van der Waals surface area contributed by atoms with Crippen LogP contribution in [0.3, 0.4) is 0 Å². The van der Waals surface area contributed by atoms with Crippen LogP contribution >= 0.6 is 0 Å². The summed E-state index contributed by atoms with van der Waals surface area (Å²) in [6, 6.07) is 3.93. The van der Waals surface area contributed by atoms with Crippen molar-refractivity contribution >= 4 is 0 Å². The number of aliphatic hydroxyl groups is 1. The van der Waals surface area contributed by atoms with E-state index in [1.165, 1.54) is 25.0 Å². The van der Waals surface area contributed by atoms with Gasteiger partial charge in [-0.25, -0.2) is 8.78 Å². The molecule has 1 aromatic carbocycles. The minimum Gasteiger partial charge on any atom is -0.392 e. The molecule has 3 atom stereocenters. The summed E-state index contributed by atoms with van der Waals surface area (Å²) in [5.41, 5.74) is 0.372. The highest BCUT2D eigenvalue weighted by atomic mass is 19.1. The fourth-order valence-electron chi connectivity index (χ4n) is 3.88. The molecule has 22 heavy (non-hydrogen) atoms. The van der Waals surface area contributed by atoms with Gasteiger partial charge in [-0.2, -0.15) is 0 Å². The molecule has 0 radical (unpaired) electrons.